The number of anilines is 1. The maximum Gasteiger partial charge on any atom is 0.416 e. The molecule has 0 unspecified atom stereocenters. The zero-order chi connectivity index (χ0) is 17.9. The van der Waals surface area contributed by atoms with Gasteiger partial charge in [0.1, 0.15) is 5.82 Å². The lowest BCUT2D eigenvalue weighted by Gasteiger charge is -2.24. The van der Waals surface area contributed by atoms with Crippen LogP contribution in [0.1, 0.15) is 17.5 Å². The van der Waals surface area contributed by atoms with Gasteiger partial charge in [-0.3, -0.25) is 4.90 Å². The number of hydrogen-bond donors (Lipinski definition) is 0. The predicted molar refractivity (Wildman–Crippen MR) is 90.0 cm³/mol. The molecule has 3 rings (SSSR count). The van der Waals surface area contributed by atoms with Gasteiger partial charge in [0.15, 0.2) is 0 Å². The van der Waals surface area contributed by atoms with Crippen LogP contribution in [0.4, 0.5) is 23.2 Å². The molecule has 1 saturated heterocycles. The summed E-state index contributed by atoms with van der Waals surface area (Å²) in [4.78, 5) is 4.35. The summed E-state index contributed by atoms with van der Waals surface area (Å²) in [5, 5.41) is 0. The molecular weight excluding hydrogens is 332 g/mol. The molecule has 1 heterocycles. The standard InChI is InChI=1S/C19H20F4N2/c20-17-5-7-18(8-6-17)25-10-2-9-24(11-12-25)14-15-3-1-4-16(13-15)19(21,22)23/h1,3-8,13H,2,9-12,14H2. The lowest BCUT2D eigenvalue weighted by molar-refractivity contribution is -0.137. The molecule has 0 saturated carbocycles. The van der Waals surface area contributed by atoms with Crippen molar-refractivity contribution in [2.75, 3.05) is 31.1 Å². The van der Waals surface area contributed by atoms with Gasteiger partial charge in [-0.15, -0.1) is 0 Å². The minimum Gasteiger partial charge on any atom is -0.370 e. The van der Waals surface area contributed by atoms with Crippen LogP contribution >= 0.6 is 0 Å². The maximum atomic E-state index is 13.0. The third-order valence-corrected chi connectivity index (χ3v) is 4.44. The Bertz CT molecular complexity index is 697. The highest BCUT2D eigenvalue weighted by molar-refractivity contribution is 5.46. The minimum atomic E-state index is -4.31. The van der Waals surface area contributed by atoms with Gasteiger partial charge in [0, 0.05) is 38.4 Å². The SMILES string of the molecule is Fc1ccc(N2CCCN(Cc3cccc(C(F)(F)F)c3)CC2)cc1. The van der Waals surface area contributed by atoms with Crippen LogP contribution in [0.15, 0.2) is 48.5 Å². The normalized spacial score (nSPS) is 16.7. The average molecular weight is 352 g/mol. The third-order valence-electron chi connectivity index (χ3n) is 4.44. The highest BCUT2D eigenvalue weighted by atomic mass is 19.4. The molecule has 0 bridgehead atoms. The van der Waals surface area contributed by atoms with Crippen molar-refractivity contribution in [3.8, 4) is 0 Å². The van der Waals surface area contributed by atoms with E-state index in [1.54, 1.807) is 18.2 Å². The molecule has 2 aromatic rings. The highest BCUT2D eigenvalue weighted by Gasteiger charge is 2.30. The quantitative estimate of drug-likeness (QED) is 0.748. The fourth-order valence-corrected chi connectivity index (χ4v) is 3.14. The van der Waals surface area contributed by atoms with E-state index in [0.29, 0.717) is 12.1 Å². The lowest BCUT2D eigenvalue weighted by atomic mass is 10.1. The second kappa shape index (κ2) is 7.44. The molecule has 2 aromatic carbocycles. The predicted octanol–water partition coefficient (Wildman–Crippen LogP) is 4.56. The monoisotopic (exact) mass is 352 g/mol. The topological polar surface area (TPSA) is 6.48 Å². The molecule has 2 nitrogen and oxygen atoms in total. The fourth-order valence-electron chi connectivity index (χ4n) is 3.14. The first-order chi connectivity index (χ1) is 11.9. The van der Waals surface area contributed by atoms with Crippen LogP contribution < -0.4 is 4.90 Å². The smallest absolute Gasteiger partial charge is 0.370 e. The minimum absolute atomic E-state index is 0.259. The Morgan fingerprint density at radius 1 is 0.880 bits per heavy atom. The van der Waals surface area contributed by atoms with Gasteiger partial charge in [0.2, 0.25) is 0 Å². The van der Waals surface area contributed by atoms with Gasteiger partial charge >= 0.3 is 6.18 Å². The summed E-state index contributed by atoms with van der Waals surface area (Å²) in [5.41, 5.74) is 1.04. The molecule has 0 aliphatic carbocycles. The van der Waals surface area contributed by atoms with E-state index in [4.69, 9.17) is 0 Å². The Labute approximate surface area is 144 Å². The van der Waals surface area contributed by atoms with Crippen LogP contribution in [-0.4, -0.2) is 31.1 Å². The number of rotatable bonds is 3. The van der Waals surface area contributed by atoms with E-state index in [1.165, 1.54) is 24.3 Å². The summed E-state index contributed by atoms with van der Waals surface area (Å²) in [7, 11) is 0. The van der Waals surface area contributed by atoms with Gasteiger partial charge in [0.05, 0.1) is 5.56 Å². The van der Waals surface area contributed by atoms with Crippen molar-refractivity contribution in [1.29, 1.82) is 0 Å². The fraction of sp³-hybridized carbons (Fsp3) is 0.368. The van der Waals surface area contributed by atoms with Crippen LogP contribution in [0.5, 0.6) is 0 Å². The van der Waals surface area contributed by atoms with E-state index in [1.807, 2.05) is 0 Å². The molecule has 134 valence electrons. The number of alkyl halides is 3. The van der Waals surface area contributed by atoms with Crippen molar-refractivity contribution in [2.24, 2.45) is 0 Å². The zero-order valence-corrected chi connectivity index (χ0v) is 13.8. The Morgan fingerprint density at radius 2 is 1.64 bits per heavy atom. The van der Waals surface area contributed by atoms with Crippen molar-refractivity contribution in [3.63, 3.8) is 0 Å². The molecule has 0 N–H and O–H groups in total. The van der Waals surface area contributed by atoms with Crippen LogP contribution in [0, 0.1) is 5.82 Å². The van der Waals surface area contributed by atoms with Crippen molar-refractivity contribution >= 4 is 5.69 Å². The molecule has 0 aromatic heterocycles. The Balaban J connectivity index is 1.63. The number of benzene rings is 2. The van der Waals surface area contributed by atoms with Gasteiger partial charge in [-0.05, 0) is 42.3 Å². The molecular formula is C19H20F4N2. The van der Waals surface area contributed by atoms with Crippen molar-refractivity contribution in [1.82, 2.24) is 4.90 Å². The van der Waals surface area contributed by atoms with Crippen LogP contribution in [0.2, 0.25) is 0 Å². The maximum absolute atomic E-state index is 13.0. The molecule has 0 amide bonds. The van der Waals surface area contributed by atoms with Crippen molar-refractivity contribution in [3.05, 3.63) is 65.5 Å². The Kier molecular flexibility index (Phi) is 5.27. The van der Waals surface area contributed by atoms with Crippen LogP contribution in [0.25, 0.3) is 0 Å². The molecule has 0 radical (unpaired) electrons. The van der Waals surface area contributed by atoms with Gasteiger partial charge in [0.25, 0.3) is 0 Å². The summed E-state index contributed by atoms with van der Waals surface area (Å²) in [6, 6.07) is 11.9. The third kappa shape index (κ3) is 4.72. The molecule has 1 fully saturated rings. The molecule has 0 atom stereocenters. The summed E-state index contributed by atoms with van der Waals surface area (Å²) in [5.74, 6) is -0.259. The van der Waals surface area contributed by atoms with E-state index >= 15 is 0 Å². The van der Waals surface area contributed by atoms with Gasteiger partial charge in [-0.25, -0.2) is 4.39 Å². The summed E-state index contributed by atoms with van der Waals surface area (Å²) >= 11 is 0. The zero-order valence-electron chi connectivity index (χ0n) is 13.8. The second-order valence-corrected chi connectivity index (χ2v) is 6.29. The van der Waals surface area contributed by atoms with E-state index in [-0.39, 0.29) is 5.82 Å². The molecule has 25 heavy (non-hydrogen) atoms. The van der Waals surface area contributed by atoms with Gasteiger partial charge in [-0.2, -0.15) is 13.2 Å². The first kappa shape index (κ1) is 17.7. The largest absolute Gasteiger partial charge is 0.416 e. The average Bonchev–Trinajstić information content (AvgIpc) is 2.81. The van der Waals surface area contributed by atoms with Gasteiger partial charge < -0.3 is 4.90 Å². The summed E-state index contributed by atoms with van der Waals surface area (Å²) < 4.78 is 51.5. The van der Waals surface area contributed by atoms with E-state index in [0.717, 1.165) is 44.4 Å². The Hall–Kier alpha value is -2.08. The Morgan fingerprint density at radius 3 is 2.36 bits per heavy atom. The second-order valence-electron chi connectivity index (χ2n) is 6.29. The molecule has 6 heteroatoms. The van der Waals surface area contributed by atoms with E-state index < -0.39 is 11.7 Å². The van der Waals surface area contributed by atoms with E-state index in [2.05, 4.69) is 9.80 Å². The molecule has 0 spiro atoms. The van der Waals surface area contributed by atoms with Gasteiger partial charge in [-0.1, -0.05) is 18.2 Å². The highest BCUT2D eigenvalue weighted by Crippen LogP contribution is 2.29. The molecule has 1 aliphatic rings. The summed E-state index contributed by atoms with van der Waals surface area (Å²) in [6.07, 6.45) is -3.40. The first-order valence-electron chi connectivity index (χ1n) is 8.31. The van der Waals surface area contributed by atoms with Crippen LogP contribution in [0.3, 0.4) is 0 Å². The number of nitrogens with zero attached hydrogens (tertiary/aromatic N) is 2. The van der Waals surface area contributed by atoms with Crippen molar-refractivity contribution in [2.45, 2.75) is 19.1 Å². The summed E-state index contributed by atoms with van der Waals surface area (Å²) in [6.45, 7) is 3.71. The van der Waals surface area contributed by atoms with Crippen LogP contribution in [-0.2, 0) is 12.7 Å². The number of halogens is 4. The number of hydrogen-bond acceptors (Lipinski definition) is 2. The molecule has 1 aliphatic heterocycles. The van der Waals surface area contributed by atoms with E-state index in [9.17, 15) is 17.6 Å². The first-order valence-corrected chi connectivity index (χ1v) is 8.31. The lowest BCUT2D eigenvalue weighted by Crippen LogP contribution is -2.30. The van der Waals surface area contributed by atoms with Crippen molar-refractivity contribution < 1.29 is 17.6 Å².